The Morgan fingerprint density at radius 1 is 1.50 bits per heavy atom. The van der Waals surface area contributed by atoms with Crippen molar-refractivity contribution in [2.45, 2.75) is 25.8 Å². The normalized spacial score (nSPS) is 14.9. The Labute approximate surface area is 109 Å². The molecule has 86 valence electrons. The van der Waals surface area contributed by atoms with Crippen LogP contribution in [0.3, 0.4) is 0 Å². The second-order valence-corrected chi connectivity index (χ2v) is 5.41. The maximum Gasteiger partial charge on any atom is 0.238 e. The molecule has 1 aliphatic rings. The molecule has 0 aliphatic heterocycles. The Hall–Kier alpha value is -0.620. The first kappa shape index (κ1) is 11.9. The van der Waals surface area contributed by atoms with Crippen molar-refractivity contribution in [2.24, 2.45) is 0 Å². The molecular weight excluding hydrogens is 315 g/mol. The fourth-order valence-corrected chi connectivity index (χ4v) is 2.13. The van der Waals surface area contributed by atoms with Crippen LogP contribution in [-0.2, 0) is 4.79 Å². The number of hydrogen-bond acceptors (Lipinski definition) is 2. The van der Waals surface area contributed by atoms with E-state index in [0.29, 0.717) is 12.6 Å². The van der Waals surface area contributed by atoms with Gasteiger partial charge in [-0.2, -0.15) is 0 Å². The highest BCUT2D eigenvalue weighted by Gasteiger charge is 2.21. The topological polar surface area (TPSA) is 41.1 Å². The van der Waals surface area contributed by atoms with Gasteiger partial charge in [0.25, 0.3) is 0 Å². The van der Waals surface area contributed by atoms with Crippen molar-refractivity contribution in [3.05, 3.63) is 27.3 Å². The molecule has 4 heteroatoms. The van der Waals surface area contributed by atoms with Crippen molar-refractivity contribution in [2.75, 3.05) is 11.9 Å². The van der Waals surface area contributed by atoms with Gasteiger partial charge in [-0.25, -0.2) is 0 Å². The number of anilines is 1. The van der Waals surface area contributed by atoms with Gasteiger partial charge < -0.3 is 10.6 Å². The van der Waals surface area contributed by atoms with Crippen molar-refractivity contribution in [3.63, 3.8) is 0 Å². The molecular formula is C12H15IN2O. The molecule has 1 aromatic rings. The summed E-state index contributed by atoms with van der Waals surface area (Å²) < 4.78 is 1.18. The molecule has 1 fully saturated rings. The maximum atomic E-state index is 11.6. The lowest BCUT2D eigenvalue weighted by atomic mass is 10.2. The molecule has 0 radical (unpaired) electrons. The summed E-state index contributed by atoms with van der Waals surface area (Å²) in [6.45, 7) is 2.42. The van der Waals surface area contributed by atoms with Gasteiger partial charge in [0.15, 0.2) is 0 Å². The zero-order chi connectivity index (χ0) is 11.5. The molecule has 2 rings (SSSR count). The highest BCUT2D eigenvalue weighted by Crippen LogP contribution is 2.19. The highest BCUT2D eigenvalue weighted by molar-refractivity contribution is 14.1. The smallest absolute Gasteiger partial charge is 0.238 e. The largest absolute Gasteiger partial charge is 0.325 e. The summed E-state index contributed by atoms with van der Waals surface area (Å²) in [5, 5.41) is 6.11. The van der Waals surface area contributed by atoms with Crippen molar-refractivity contribution >= 4 is 34.2 Å². The van der Waals surface area contributed by atoms with Crippen LogP contribution in [0.5, 0.6) is 0 Å². The average Bonchev–Trinajstić information content (AvgIpc) is 3.03. The van der Waals surface area contributed by atoms with Gasteiger partial charge in [-0.1, -0.05) is 0 Å². The fourth-order valence-electron chi connectivity index (χ4n) is 1.49. The molecule has 0 spiro atoms. The van der Waals surface area contributed by atoms with Gasteiger partial charge >= 0.3 is 0 Å². The molecule has 3 nitrogen and oxygen atoms in total. The first-order valence-corrected chi connectivity index (χ1v) is 6.52. The van der Waals surface area contributed by atoms with Crippen molar-refractivity contribution < 1.29 is 4.79 Å². The number of carbonyl (C=O) groups excluding carboxylic acids is 1. The van der Waals surface area contributed by atoms with Crippen LogP contribution < -0.4 is 10.6 Å². The summed E-state index contributed by atoms with van der Waals surface area (Å²) >= 11 is 2.26. The number of aryl methyl sites for hydroxylation is 1. The van der Waals surface area contributed by atoms with Crippen molar-refractivity contribution in [3.8, 4) is 0 Å². The third-order valence-corrected chi connectivity index (χ3v) is 3.26. The summed E-state index contributed by atoms with van der Waals surface area (Å²) in [6, 6.07) is 6.58. The van der Waals surface area contributed by atoms with Gasteiger partial charge in [0, 0.05) is 15.3 Å². The minimum Gasteiger partial charge on any atom is -0.325 e. The summed E-state index contributed by atoms with van der Waals surface area (Å²) in [4.78, 5) is 11.6. The summed E-state index contributed by atoms with van der Waals surface area (Å²) in [6.07, 6.45) is 2.41. The van der Waals surface area contributed by atoms with E-state index in [1.54, 1.807) is 0 Å². The lowest BCUT2D eigenvalue weighted by molar-refractivity contribution is -0.115. The molecule has 0 saturated heterocycles. The van der Waals surface area contributed by atoms with E-state index in [1.165, 1.54) is 16.4 Å². The van der Waals surface area contributed by atoms with E-state index in [2.05, 4.69) is 39.3 Å². The predicted octanol–water partition coefficient (Wildman–Crippen LogP) is 2.29. The Morgan fingerprint density at radius 2 is 2.25 bits per heavy atom. The van der Waals surface area contributed by atoms with Crippen LogP contribution in [0.15, 0.2) is 18.2 Å². The van der Waals surface area contributed by atoms with Crippen LogP contribution in [-0.4, -0.2) is 18.5 Å². The lowest BCUT2D eigenvalue weighted by Crippen LogP contribution is -2.29. The number of benzene rings is 1. The second kappa shape index (κ2) is 5.14. The SMILES string of the molecule is Cc1cc(I)ccc1NC(=O)CNC1CC1. The quantitative estimate of drug-likeness (QED) is 0.832. The molecule has 0 unspecified atom stereocenters. The Morgan fingerprint density at radius 3 is 2.88 bits per heavy atom. The van der Waals surface area contributed by atoms with Crippen LogP contribution in [0, 0.1) is 10.5 Å². The van der Waals surface area contributed by atoms with Crippen LogP contribution in [0.4, 0.5) is 5.69 Å². The minimum absolute atomic E-state index is 0.0382. The zero-order valence-corrected chi connectivity index (χ0v) is 11.4. The van der Waals surface area contributed by atoms with Gasteiger partial charge in [-0.05, 0) is 66.1 Å². The minimum atomic E-state index is 0.0382. The van der Waals surface area contributed by atoms with Crippen molar-refractivity contribution in [1.29, 1.82) is 0 Å². The third kappa shape index (κ3) is 3.45. The summed E-state index contributed by atoms with van der Waals surface area (Å²) in [5.41, 5.74) is 2.01. The molecule has 1 saturated carbocycles. The second-order valence-electron chi connectivity index (χ2n) is 4.16. The fraction of sp³-hybridized carbons (Fsp3) is 0.417. The highest BCUT2D eigenvalue weighted by atomic mass is 127. The number of amides is 1. The Bertz CT molecular complexity index is 402. The number of nitrogens with one attached hydrogen (secondary N) is 2. The van der Waals surface area contributed by atoms with Crippen LogP contribution in [0.25, 0.3) is 0 Å². The number of halogens is 1. The monoisotopic (exact) mass is 330 g/mol. The molecule has 1 aliphatic carbocycles. The molecule has 0 atom stereocenters. The van der Waals surface area contributed by atoms with Gasteiger partial charge in [-0.3, -0.25) is 4.79 Å². The van der Waals surface area contributed by atoms with Gasteiger partial charge in [-0.15, -0.1) is 0 Å². The van der Waals surface area contributed by atoms with E-state index in [4.69, 9.17) is 0 Å². The average molecular weight is 330 g/mol. The zero-order valence-electron chi connectivity index (χ0n) is 9.22. The van der Waals surface area contributed by atoms with E-state index >= 15 is 0 Å². The standard InChI is InChI=1S/C12H15IN2O/c1-8-6-9(13)2-5-11(8)15-12(16)7-14-10-3-4-10/h2,5-6,10,14H,3-4,7H2,1H3,(H,15,16). The molecule has 2 N–H and O–H groups in total. The number of carbonyl (C=O) groups is 1. The van der Waals surface area contributed by atoms with E-state index < -0.39 is 0 Å². The van der Waals surface area contributed by atoms with E-state index in [0.717, 1.165) is 11.3 Å². The lowest BCUT2D eigenvalue weighted by Gasteiger charge is -2.09. The van der Waals surface area contributed by atoms with Crippen LogP contribution >= 0.6 is 22.6 Å². The molecule has 0 bridgehead atoms. The predicted molar refractivity (Wildman–Crippen MR) is 73.6 cm³/mol. The summed E-state index contributed by atoms with van der Waals surface area (Å²) in [5.74, 6) is 0.0382. The Kier molecular flexibility index (Phi) is 3.81. The van der Waals surface area contributed by atoms with Crippen LogP contribution in [0.2, 0.25) is 0 Å². The molecule has 1 amide bonds. The Balaban J connectivity index is 1.89. The summed E-state index contributed by atoms with van der Waals surface area (Å²) in [7, 11) is 0. The van der Waals surface area contributed by atoms with Gasteiger partial charge in [0.1, 0.15) is 0 Å². The van der Waals surface area contributed by atoms with E-state index in [1.807, 2.05) is 19.1 Å². The maximum absolute atomic E-state index is 11.6. The van der Waals surface area contributed by atoms with E-state index in [-0.39, 0.29) is 5.91 Å². The van der Waals surface area contributed by atoms with Crippen molar-refractivity contribution in [1.82, 2.24) is 5.32 Å². The number of hydrogen-bond donors (Lipinski definition) is 2. The molecule has 0 aromatic heterocycles. The third-order valence-electron chi connectivity index (χ3n) is 2.59. The molecule has 16 heavy (non-hydrogen) atoms. The first-order chi connectivity index (χ1) is 7.65. The van der Waals surface area contributed by atoms with Gasteiger partial charge in [0.2, 0.25) is 5.91 Å². The first-order valence-electron chi connectivity index (χ1n) is 5.44. The van der Waals surface area contributed by atoms with Gasteiger partial charge in [0.05, 0.1) is 6.54 Å². The molecule has 1 aromatic carbocycles. The number of rotatable bonds is 4. The van der Waals surface area contributed by atoms with E-state index in [9.17, 15) is 4.79 Å². The van der Waals surface area contributed by atoms with Crippen LogP contribution in [0.1, 0.15) is 18.4 Å². The molecule has 0 heterocycles.